The molecule has 1 unspecified atom stereocenters. The summed E-state index contributed by atoms with van der Waals surface area (Å²) in [5, 5.41) is 4.48. The van der Waals surface area contributed by atoms with E-state index in [1.54, 1.807) is 17.1 Å². The van der Waals surface area contributed by atoms with Gasteiger partial charge in [-0.2, -0.15) is 13.2 Å². The SMILES string of the molecule is CCOC(=O)CC(NC(=O)N1CCOCC1)c1ccc(NC(=O)C(F)(F)F)cc1. The van der Waals surface area contributed by atoms with Crippen LogP contribution in [0, 0.1) is 0 Å². The molecule has 0 bridgehead atoms. The summed E-state index contributed by atoms with van der Waals surface area (Å²) < 4.78 is 47.2. The van der Waals surface area contributed by atoms with Gasteiger partial charge in [-0.3, -0.25) is 9.59 Å². The molecular weight excluding hydrogens is 395 g/mol. The van der Waals surface area contributed by atoms with Crippen molar-refractivity contribution < 1.29 is 37.0 Å². The Morgan fingerprint density at radius 3 is 2.34 bits per heavy atom. The predicted molar refractivity (Wildman–Crippen MR) is 96.0 cm³/mol. The number of amides is 3. The normalized spacial score (nSPS) is 15.4. The fourth-order valence-corrected chi connectivity index (χ4v) is 2.65. The Labute approximate surface area is 165 Å². The van der Waals surface area contributed by atoms with Crippen molar-refractivity contribution in [3.05, 3.63) is 29.8 Å². The quantitative estimate of drug-likeness (QED) is 0.692. The molecule has 0 saturated carbocycles. The first-order chi connectivity index (χ1) is 13.7. The summed E-state index contributed by atoms with van der Waals surface area (Å²) in [5.74, 6) is -2.62. The first-order valence-electron chi connectivity index (χ1n) is 8.97. The van der Waals surface area contributed by atoms with Crippen LogP contribution in [0.4, 0.5) is 23.7 Å². The Hall–Kier alpha value is -2.82. The highest BCUT2D eigenvalue weighted by atomic mass is 19.4. The molecule has 0 radical (unpaired) electrons. The van der Waals surface area contributed by atoms with E-state index in [2.05, 4.69) is 5.32 Å². The minimum atomic E-state index is -5.00. The van der Waals surface area contributed by atoms with Gasteiger partial charge in [0.25, 0.3) is 0 Å². The van der Waals surface area contributed by atoms with Crippen LogP contribution in [0.25, 0.3) is 0 Å². The van der Waals surface area contributed by atoms with Gasteiger partial charge in [0, 0.05) is 18.8 Å². The van der Waals surface area contributed by atoms with Crippen LogP contribution in [0.3, 0.4) is 0 Å². The van der Waals surface area contributed by atoms with Crippen molar-refractivity contribution in [2.45, 2.75) is 25.6 Å². The number of anilines is 1. The first kappa shape index (κ1) is 22.5. The van der Waals surface area contributed by atoms with Gasteiger partial charge in [0.15, 0.2) is 0 Å². The van der Waals surface area contributed by atoms with Crippen LogP contribution in [-0.2, 0) is 19.1 Å². The molecule has 3 amide bonds. The number of benzene rings is 1. The van der Waals surface area contributed by atoms with Crippen LogP contribution in [0.5, 0.6) is 0 Å². The number of carbonyl (C=O) groups is 3. The molecule has 11 heteroatoms. The third kappa shape index (κ3) is 6.93. The number of morpholine rings is 1. The lowest BCUT2D eigenvalue weighted by Gasteiger charge is -2.29. The van der Waals surface area contributed by atoms with Gasteiger partial charge in [-0.1, -0.05) is 12.1 Å². The number of hydrogen-bond donors (Lipinski definition) is 2. The fourth-order valence-electron chi connectivity index (χ4n) is 2.65. The summed E-state index contributed by atoms with van der Waals surface area (Å²) in [6, 6.07) is 4.23. The van der Waals surface area contributed by atoms with Crippen molar-refractivity contribution in [3.8, 4) is 0 Å². The highest BCUT2D eigenvalue weighted by Crippen LogP contribution is 2.22. The molecule has 1 heterocycles. The average molecular weight is 417 g/mol. The smallest absolute Gasteiger partial charge is 0.466 e. The lowest BCUT2D eigenvalue weighted by Crippen LogP contribution is -2.47. The topological polar surface area (TPSA) is 97.0 Å². The number of nitrogens with one attached hydrogen (secondary N) is 2. The summed E-state index contributed by atoms with van der Waals surface area (Å²) in [6.07, 6.45) is -5.16. The Balaban J connectivity index is 2.11. The zero-order valence-electron chi connectivity index (χ0n) is 15.8. The van der Waals surface area contributed by atoms with Gasteiger partial charge in [-0.25, -0.2) is 4.79 Å². The van der Waals surface area contributed by atoms with Gasteiger partial charge in [0.05, 0.1) is 32.3 Å². The van der Waals surface area contributed by atoms with E-state index in [1.165, 1.54) is 24.3 Å². The zero-order valence-corrected chi connectivity index (χ0v) is 15.8. The summed E-state index contributed by atoms with van der Waals surface area (Å²) in [5.41, 5.74) is 0.412. The maximum absolute atomic E-state index is 12.5. The van der Waals surface area contributed by atoms with Crippen molar-refractivity contribution in [2.24, 2.45) is 0 Å². The van der Waals surface area contributed by atoms with E-state index in [-0.39, 0.29) is 18.7 Å². The third-order valence-corrected chi connectivity index (χ3v) is 4.10. The maximum Gasteiger partial charge on any atom is 0.471 e. The summed E-state index contributed by atoms with van der Waals surface area (Å²) in [7, 11) is 0. The van der Waals surface area contributed by atoms with Gasteiger partial charge >= 0.3 is 24.1 Å². The second kappa shape index (κ2) is 10.1. The molecule has 1 saturated heterocycles. The molecule has 2 rings (SSSR count). The van der Waals surface area contributed by atoms with Gasteiger partial charge in [-0.05, 0) is 24.6 Å². The van der Waals surface area contributed by atoms with E-state index in [0.29, 0.717) is 31.9 Å². The molecule has 1 aromatic rings. The maximum atomic E-state index is 12.5. The number of hydrogen-bond acceptors (Lipinski definition) is 5. The molecule has 1 aliphatic rings. The number of ether oxygens (including phenoxy) is 2. The second-order valence-electron chi connectivity index (χ2n) is 6.18. The Bertz CT molecular complexity index is 718. The van der Waals surface area contributed by atoms with E-state index in [0.717, 1.165) is 0 Å². The molecular formula is C18H22F3N3O5. The molecule has 1 aliphatic heterocycles. The molecule has 160 valence electrons. The van der Waals surface area contributed by atoms with Crippen molar-refractivity contribution in [3.63, 3.8) is 0 Å². The molecule has 1 atom stereocenters. The number of carbonyl (C=O) groups excluding carboxylic acids is 3. The predicted octanol–water partition coefficient (Wildman–Crippen LogP) is 2.22. The zero-order chi connectivity index (χ0) is 21.4. The average Bonchev–Trinajstić information content (AvgIpc) is 2.68. The van der Waals surface area contributed by atoms with Crippen LogP contribution in [0.2, 0.25) is 0 Å². The molecule has 2 N–H and O–H groups in total. The van der Waals surface area contributed by atoms with E-state index >= 15 is 0 Å². The molecule has 1 aromatic carbocycles. The van der Waals surface area contributed by atoms with E-state index in [1.807, 2.05) is 0 Å². The lowest BCUT2D eigenvalue weighted by atomic mass is 10.0. The lowest BCUT2D eigenvalue weighted by molar-refractivity contribution is -0.167. The van der Waals surface area contributed by atoms with Gasteiger partial charge in [0.2, 0.25) is 0 Å². The highest BCUT2D eigenvalue weighted by molar-refractivity contribution is 5.94. The molecule has 1 fully saturated rings. The van der Waals surface area contributed by atoms with Gasteiger partial charge in [-0.15, -0.1) is 0 Å². The Kier molecular flexibility index (Phi) is 7.82. The minimum Gasteiger partial charge on any atom is -0.466 e. The molecule has 29 heavy (non-hydrogen) atoms. The summed E-state index contributed by atoms with van der Waals surface area (Å²) in [4.78, 5) is 36.9. The Morgan fingerprint density at radius 2 is 1.79 bits per heavy atom. The fraction of sp³-hybridized carbons (Fsp3) is 0.500. The van der Waals surface area contributed by atoms with Crippen molar-refractivity contribution in [1.82, 2.24) is 10.2 Å². The van der Waals surface area contributed by atoms with Crippen LogP contribution in [-0.4, -0.2) is 61.9 Å². The third-order valence-electron chi connectivity index (χ3n) is 4.10. The van der Waals surface area contributed by atoms with Gasteiger partial charge < -0.3 is 25.0 Å². The van der Waals surface area contributed by atoms with Gasteiger partial charge in [0.1, 0.15) is 0 Å². The molecule has 0 aromatic heterocycles. The van der Waals surface area contributed by atoms with Crippen LogP contribution < -0.4 is 10.6 Å². The standard InChI is InChI=1S/C18H22F3N3O5/c1-2-29-15(25)11-14(23-17(27)24-7-9-28-10-8-24)12-3-5-13(6-4-12)22-16(26)18(19,20)21/h3-6,14H,2,7-11H2,1H3,(H,22,26)(H,23,27). The molecule has 0 aliphatic carbocycles. The number of alkyl halides is 3. The number of esters is 1. The van der Waals surface area contributed by atoms with Crippen molar-refractivity contribution >= 4 is 23.6 Å². The highest BCUT2D eigenvalue weighted by Gasteiger charge is 2.38. The van der Waals surface area contributed by atoms with Crippen molar-refractivity contribution in [1.29, 1.82) is 0 Å². The number of urea groups is 1. The van der Waals surface area contributed by atoms with Crippen molar-refractivity contribution in [2.75, 3.05) is 38.2 Å². The second-order valence-corrected chi connectivity index (χ2v) is 6.18. The monoisotopic (exact) mass is 417 g/mol. The first-order valence-corrected chi connectivity index (χ1v) is 8.97. The minimum absolute atomic E-state index is 0.0644. The Morgan fingerprint density at radius 1 is 1.17 bits per heavy atom. The van der Waals surface area contributed by atoms with Crippen LogP contribution in [0.1, 0.15) is 24.9 Å². The molecule has 8 nitrogen and oxygen atoms in total. The van der Waals surface area contributed by atoms with E-state index in [4.69, 9.17) is 9.47 Å². The van der Waals surface area contributed by atoms with Crippen LogP contribution >= 0.6 is 0 Å². The number of halogens is 3. The number of rotatable bonds is 6. The van der Waals surface area contributed by atoms with E-state index in [9.17, 15) is 27.6 Å². The van der Waals surface area contributed by atoms with E-state index < -0.39 is 30.1 Å². The van der Waals surface area contributed by atoms with Crippen LogP contribution in [0.15, 0.2) is 24.3 Å². The summed E-state index contributed by atoms with van der Waals surface area (Å²) in [6.45, 7) is 3.44. The largest absolute Gasteiger partial charge is 0.471 e. The molecule has 0 spiro atoms. The number of nitrogens with zero attached hydrogens (tertiary/aromatic N) is 1. The summed E-state index contributed by atoms with van der Waals surface area (Å²) >= 11 is 0.